The molecule has 280 valence electrons. The van der Waals surface area contributed by atoms with E-state index in [4.69, 9.17) is 0 Å². The van der Waals surface area contributed by atoms with Gasteiger partial charge in [-0.25, -0.2) is 0 Å². The molecule has 8 aromatic carbocycles. The van der Waals surface area contributed by atoms with E-state index in [1.165, 1.54) is 98.1 Å². The Bertz CT molecular complexity index is 2710. The number of hydrogen-bond donors (Lipinski definition) is 0. The van der Waals surface area contributed by atoms with Crippen LogP contribution >= 0.6 is 0 Å². The van der Waals surface area contributed by atoms with Crippen molar-refractivity contribution in [2.45, 2.75) is 43.9 Å². The van der Waals surface area contributed by atoms with E-state index in [2.05, 4.69) is 212 Å². The van der Waals surface area contributed by atoms with Gasteiger partial charge in [-0.2, -0.15) is 0 Å². The van der Waals surface area contributed by atoms with E-state index in [1.54, 1.807) is 0 Å². The van der Waals surface area contributed by atoms with Crippen LogP contribution in [-0.2, 0) is 5.41 Å². The summed E-state index contributed by atoms with van der Waals surface area (Å²) >= 11 is 0. The molecule has 3 aliphatic carbocycles. The summed E-state index contributed by atoms with van der Waals surface area (Å²) in [4.78, 5) is 2.53. The van der Waals surface area contributed by atoms with Gasteiger partial charge in [-0.1, -0.05) is 176 Å². The van der Waals surface area contributed by atoms with Gasteiger partial charge in [-0.15, -0.1) is 0 Å². The first kappa shape index (κ1) is 34.8. The third-order valence-electron chi connectivity index (χ3n) is 13.8. The van der Waals surface area contributed by atoms with Gasteiger partial charge in [-0.05, 0) is 135 Å². The third kappa shape index (κ3) is 5.52. The number of rotatable bonds is 8. The molecular weight excluding hydrogens is 699 g/mol. The van der Waals surface area contributed by atoms with Gasteiger partial charge < -0.3 is 4.90 Å². The Labute approximate surface area is 343 Å². The van der Waals surface area contributed by atoms with Crippen molar-refractivity contribution in [3.8, 4) is 33.4 Å². The summed E-state index contributed by atoms with van der Waals surface area (Å²) in [5.74, 6) is 2.44. The van der Waals surface area contributed by atoms with E-state index in [0.717, 1.165) is 23.2 Å². The summed E-state index contributed by atoms with van der Waals surface area (Å²) in [5, 5.41) is 0. The molecule has 3 unspecified atom stereocenters. The zero-order chi connectivity index (χ0) is 38.6. The smallest absolute Gasteiger partial charge is 0.0714 e. The summed E-state index contributed by atoms with van der Waals surface area (Å²) < 4.78 is 0. The molecule has 0 spiro atoms. The average molecular weight is 746 g/mol. The topological polar surface area (TPSA) is 3.24 Å². The summed E-state index contributed by atoms with van der Waals surface area (Å²) in [7, 11) is 0. The number of anilines is 3. The number of benzene rings is 8. The van der Waals surface area contributed by atoms with Crippen LogP contribution in [0, 0.1) is 18.8 Å². The van der Waals surface area contributed by atoms with Gasteiger partial charge in [0.1, 0.15) is 0 Å². The van der Waals surface area contributed by atoms with Crippen molar-refractivity contribution in [2.75, 3.05) is 4.90 Å². The lowest BCUT2D eigenvalue weighted by Crippen LogP contribution is -2.28. The zero-order valence-electron chi connectivity index (χ0n) is 33.1. The number of para-hydroxylation sites is 1. The van der Waals surface area contributed by atoms with Gasteiger partial charge in [0.25, 0.3) is 0 Å². The molecule has 8 aromatic rings. The van der Waals surface area contributed by atoms with Gasteiger partial charge in [0.15, 0.2) is 0 Å². The van der Waals surface area contributed by atoms with Crippen molar-refractivity contribution in [3.63, 3.8) is 0 Å². The molecule has 2 fully saturated rings. The molecule has 0 N–H and O–H groups in total. The molecule has 3 atom stereocenters. The Morgan fingerprint density at radius 3 is 1.76 bits per heavy atom. The first-order chi connectivity index (χ1) is 28.7. The minimum Gasteiger partial charge on any atom is -0.310 e. The van der Waals surface area contributed by atoms with Crippen molar-refractivity contribution in [1.29, 1.82) is 0 Å². The largest absolute Gasteiger partial charge is 0.310 e. The fourth-order valence-corrected chi connectivity index (χ4v) is 11.3. The Hall–Kier alpha value is -6.44. The summed E-state index contributed by atoms with van der Waals surface area (Å²) in [6, 6.07) is 74.9. The normalized spacial score (nSPS) is 18.5. The van der Waals surface area contributed by atoms with Gasteiger partial charge in [0.2, 0.25) is 0 Å². The molecular formula is C57H47N. The molecule has 11 rings (SSSR count). The Kier molecular flexibility index (Phi) is 8.51. The van der Waals surface area contributed by atoms with Crippen molar-refractivity contribution in [3.05, 3.63) is 234 Å². The lowest BCUT2D eigenvalue weighted by Gasteiger charge is -2.35. The molecule has 1 nitrogen and oxygen atoms in total. The average Bonchev–Trinajstić information content (AvgIpc) is 4.01. The molecule has 2 saturated carbocycles. The van der Waals surface area contributed by atoms with Gasteiger partial charge >= 0.3 is 0 Å². The van der Waals surface area contributed by atoms with Crippen LogP contribution in [0.2, 0.25) is 0 Å². The first-order valence-electron chi connectivity index (χ1n) is 21.2. The van der Waals surface area contributed by atoms with E-state index >= 15 is 0 Å². The van der Waals surface area contributed by atoms with Crippen LogP contribution in [0.25, 0.3) is 33.4 Å². The van der Waals surface area contributed by atoms with Crippen LogP contribution in [0.5, 0.6) is 0 Å². The highest BCUT2D eigenvalue weighted by Crippen LogP contribution is 2.59. The maximum atomic E-state index is 2.53. The second-order valence-electron chi connectivity index (χ2n) is 16.8. The number of fused-ring (bicyclic) bond motifs is 5. The minimum absolute atomic E-state index is 0.494. The van der Waals surface area contributed by atoms with E-state index < -0.39 is 5.41 Å². The molecule has 2 bridgehead atoms. The predicted octanol–water partition coefficient (Wildman–Crippen LogP) is 15.1. The van der Waals surface area contributed by atoms with Crippen molar-refractivity contribution >= 4 is 17.1 Å². The fraction of sp³-hybridized carbons (Fsp3) is 0.158. The standard InChI is InChI=1S/C57H47N/c1-39-16-15-26-53-56(39)51-35-34-47(38-54(51)57(53,44-19-7-3-8-20-44)45-21-9-4-10-22-45)58(46-32-30-42(31-33-46)52-37-40-28-29-43(52)36-40)55-27-14-13-25-50(55)49-24-12-11-23-48(49)41-17-5-2-6-18-41/h2-27,30-35,38,40,43,52H,28-29,36-37H2,1H3. The Balaban J connectivity index is 1.15. The highest BCUT2D eigenvalue weighted by molar-refractivity contribution is 5.96. The molecule has 0 aromatic heterocycles. The minimum atomic E-state index is -0.494. The summed E-state index contributed by atoms with van der Waals surface area (Å²) in [6.07, 6.45) is 5.56. The predicted molar refractivity (Wildman–Crippen MR) is 242 cm³/mol. The fourth-order valence-electron chi connectivity index (χ4n) is 11.3. The van der Waals surface area contributed by atoms with Crippen LogP contribution in [-0.4, -0.2) is 0 Å². The zero-order valence-corrected chi connectivity index (χ0v) is 33.1. The summed E-state index contributed by atoms with van der Waals surface area (Å²) in [5.41, 5.74) is 18.5. The monoisotopic (exact) mass is 745 g/mol. The Morgan fingerprint density at radius 1 is 0.466 bits per heavy atom. The maximum Gasteiger partial charge on any atom is 0.0714 e. The molecule has 58 heavy (non-hydrogen) atoms. The maximum absolute atomic E-state index is 2.53. The number of hydrogen-bond acceptors (Lipinski definition) is 1. The van der Waals surface area contributed by atoms with Crippen LogP contribution in [0.4, 0.5) is 17.1 Å². The molecule has 0 aliphatic heterocycles. The quantitative estimate of drug-likeness (QED) is 0.150. The molecule has 0 heterocycles. The van der Waals surface area contributed by atoms with Crippen molar-refractivity contribution in [2.24, 2.45) is 11.8 Å². The van der Waals surface area contributed by atoms with Crippen LogP contribution in [0.15, 0.2) is 200 Å². The highest BCUT2D eigenvalue weighted by Gasteiger charge is 2.47. The first-order valence-corrected chi connectivity index (χ1v) is 21.2. The molecule has 0 saturated heterocycles. The second-order valence-corrected chi connectivity index (χ2v) is 16.8. The number of aryl methyl sites for hydroxylation is 1. The van der Waals surface area contributed by atoms with E-state index in [9.17, 15) is 0 Å². The second kappa shape index (κ2) is 14.2. The third-order valence-corrected chi connectivity index (χ3v) is 13.8. The van der Waals surface area contributed by atoms with Gasteiger partial charge in [0.05, 0.1) is 11.1 Å². The Morgan fingerprint density at radius 2 is 1.09 bits per heavy atom. The lowest BCUT2D eigenvalue weighted by atomic mass is 9.67. The van der Waals surface area contributed by atoms with Gasteiger partial charge in [-0.3, -0.25) is 0 Å². The molecule has 1 heteroatoms. The van der Waals surface area contributed by atoms with Crippen LogP contribution < -0.4 is 4.90 Å². The summed E-state index contributed by atoms with van der Waals surface area (Å²) in [6.45, 7) is 2.27. The highest BCUT2D eigenvalue weighted by atomic mass is 15.1. The molecule has 3 aliphatic rings. The van der Waals surface area contributed by atoms with Gasteiger partial charge in [0, 0.05) is 16.9 Å². The number of nitrogens with zero attached hydrogens (tertiary/aromatic N) is 1. The SMILES string of the molecule is Cc1cccc2c1-c1ccc(N(c3ccc(C4CC5CCC4C5)cc3)c3ccccc3-c3ccccc3-c3ccccc3)cc1C2(c1ccccc1)c1ccccc1. The van der Waals surface area contributed by atoms with Crippen molar-refractivity contribution in [1.82, 2.24) is 0 Å². The van der Waals surface area contributed by atoms with E-state index in [0.29, 0.717) is 5.92 Å². The van der Waals surface area contributed by atoms with E-state index in [-0.39, 0.29) is 0 Å². The van der Waals surface area contributed by atoms with E-state index in [1.807, 2.05) is 0 Å². The molecule has 0 amide bonds. The van der Waals surface area contributed by atoms with Crippen LogP contribution in [0.3, 0.4) is 0 Å². The lowest BCUT2D eigenvalue weighted by molar-refractivity contribution is 0.420. The van der Waals surface area contributed by atoms with Crippen molar-refractivity contribution < 1.29 is 0 Å². The molecule has 0 radical (unpaired) electrons. The van der Waals surface area contributed by atoms with Crippen LogP contribution in [0.1, 0.15) is 65.0 Å².